The fourth-order valence-electron chi connectivity index (χ4n) is 3.40. The van der Waals surface area contributed by atoms with Crippen molar-refractivity contribution in [3.63, 3.8) is 0 Å². The zero-order valence-corrected chi connectivity index (χ0v) is 19.0. The molecule has 0 atom stereocenters. The van der Waals surface area contributed by atoms with E-state index in [1.165, 1.54) is 0 Å². The molecule has 8 nitrogen and oxygen atoms in total. The molecule has 0 spiro atoms. The van der Waals surface area contributed by atoms with E-state index in [2.05, 4.69) is 5.16 Å². The fraction of sp³-hybridized carbons (Fsp3) is 0.333. The molecule has 3 aromatic rings. The normalized spacial score (nSPS) is 10.5. The topological polar surface area (TPSA) is 83.3 Å². The van der Waals surface area contributed by atoms with Crippen LogP contribution in [0, 0.1) is 0 Å². The molecule has 170 valence electrons. The zero-order valence-electron chi connectivity index (χ0n) is 19.0. The summed E-state index contributed by atoms with van der Waals surface area (Å²) in [6, 6.07) is 12.5. The number of hydrogen-bond acceptors (Lipinski definition) is 7. The number of rotatable bonds is 10. The number of carbonyl (C=O) groups excluding carboxylic acids is 1. The van der Waals surface area contributed by atoms with E-state index in [-0.39, 0.29) is 5.91 Å². The lowest BCUT2D eigenvalue weighted by atomic mass is 10.1. The van der Waals surface area contributed by atoms with Crippen molar-refractivity contribution in [2.75, 3.05) is 35.0 Å². The zero-order chi connectivity index (χ0) is 23.1. The van der Waals surface area contributed by atoms with Crippen LogP contribution in [0.1, 0.15) is 29.4 Å². The van der Waals surface area contributed by atoms with Crippen molar-refractivity contribution in [2.45, 2.75) is 19.9 Å². The number of methoxy groups -OCH3 is 4. The Balaban J connectivity index is 1.86. The highest BCUT2D eigenvalue weighted by molar-refractivity contribution is 5.94. The van der Waals surface area contributed by atoms with Crippen LogP contribution in [0.2, 0.25) is 0 Å². The summed E-state index contributed by atoms with van der Waals surface area (Å²) in [6.07, 6.45) is 0.813. The largest absolute Gasteiger partial charge is 0.497 e. The minimum atomic E-state index is -0.0944. The van der Waals surface area contributed by atoms with Crippen LogP contribution in [0.25, 0.3) is 11.3 Å². The predicted molar refractivity (Wildman–Crippen MR) is 120 cm³/mol. The molecular weight excluding hydrogens is 412 g/mol. The molecule has 0 saturated heterocycles. The lowest BCUT2D eigenvalue weighted by Gasteiger charge is -2.21. The van der Waals surface area contributed by atoms with E-state index in [4.69, 9.17) is 23.5 Å². The average Bonchev–Trinajstić information content (AvgIpc) is 3.30. The van der Waals surface area contributed by atoms with Gasteiger partial charge in [-0.1, -0.05) is 18.1 Å². The van der Waals surface area contributed by atoms with Gasteiger partial charge in [0.25, 0.3) is 5.91 Å². The van der Waals surface area contributed by atoms with Crippen molar-refractivity contribution >= 4 is 5.91 Å². The first-order chi connectivity index (χ1) is 15.5. The summed E-state index contributed by atoms with van der Waals surface area (Å²) in [6.45, 7) is 2.93. The maximum Gasteiger partial charge on any atom is 0.254 e. The summed E-state index contributed by atoms with van der Waals surface area (Å²) in [5.74, 6) is 2.60. The predicted octanol–water partition coefficient (Wildman–Crippen LogP) is 4.43. The highest BCUT2D eigenvalue weighted by atomic mass is 16.5. The summed E-state index contributed by atoms with van der Waals surface area (Å²) < 4.78 is 27.0. The lowest BCUT2D eigenvalue weighted by molar-refractivity contribution is 0.0739. The maximum atomic E-state index is 13.1. The first-order valence-corrected chi connectivity index (χ1v) is 10.2. The highest BCUT2D eigenvalue weighted by Crippen LogP contribution is 2.41. The van der Waals surface area contributed by atoms with Crippen molar-refractivity contribution in [1.29, 1.82) is 0 Å². The van der Waals surface area contributed by atoms with E-state index in [0.29, 0.717) is 53.1 Å². The monoisotopic (exact) mass is 440 g/mol. The van der Waals surface area contributed by atoms with Crippen molar-refractivity contribution in [3.8, 4) is 34.3 Å². The Bertz CT molecular complexity index is 1040. The minimum Gasteiger partial charge on any atom is -0.497 e. The standard InChI is InChI=1S/C24H28N2O6/c1-6-10-26(24(27)16-8-7-9-19(11-16)28-2)15-18-14-20(32-25-18)17-12-21(29-3)23(31-5)22(13-17)30-4/h7-9,11-14H,6,10,15H2,1-5H3. The highest BCUT2D eigenvalue weighted by Gasteiger charge is 2.20. The van der Waals surface area contributed by atoms with Gasteiger partial charge < -0.3 is 28.4 Å². The van der Waals surface area contributed by atoms with E-state index in [1.807, 2.05) is 19.1 Å². The Labute approximate surface area is 187 Å². The smallest absolute Gasteiger partial charge is 0.254 e. The van der Waals surface area contributed by atoms with Gasteiger partial charge in [0.2, 0.25) is 5.75 Å². The Hall–Kier alpha value is -3.68. The Morgan fingerprint density at radius 1 is 0.969 bits per heavy atom. The third kappa shape index (κ3) is 4.96. The molecule has 0 N–H and O–H groups in total. The second-order valence-electron chi connectivity index (χ2n) is 7.06. The first kappa shape index (κ1) is 23.0. The third-order valence-electron chi connectivity index (χ3n) is 4.96. The van der Waals surface area contributed by atoms with Gasteiger partial charge in [-0.25, -0.2) is 0 Å². The molecule has 2 aromatic carbocycles. The molecule has 0 radical (unpaired) electrons. The lowest BCUT2D eigenvalue weighted by Crippen LogP contribution is -2.31. The Kier molecular flexibility index (Phi) is 7.59. The number of hydrogen-bond donors (Lipinski definition) is 0. The van der Waals surface area contributed by atoms with E-state index in [1.54, 1.807) is 63.7 Å². The van der Waals surface area contributed by atoms with Crippen LogP contribution in [0.4, 0.5) is 0 Å². The van der Waals surface area contributed by atoms with E-state index in [0.717, 1.165) is 12.0 Å². The number of amides is 1. The first-order valence-electron chi connectivity index (χ1n) is 10.2. The summed E-state index contributed by atoms with van der Waals surface area (Å²) in [5, 5.41) is 4.17. The molecular formula is C24H28N2O6. The molecule has 0 aliphatic heterocycles. The molecule has 0 aliphatic rings. The Morgan fingerprint density at radius 2 is 1.69 bits per heavy atom. The van der Waals surface area contributed by atoms with Gasteiger partial charge in [-0.05, 0) is 36.8 Å². The SMILES string of the molecule is CCCN(Cc1cc(-c2cc(OC)c(OC)c(OC)c2)on1)C(=O)c1cccc(OC)c1. The molecule has 8 heteroatoms. The molecule has 1 amide bonds. The van der Waals surface area contributed by atoms with Crippen LogP contribution >= 0.6 is 0 Å². The van der Waals surface area contributed by atoms with Crippen LogP contribution in [-0.2, 0) is 6.54 Å². The minimum absolute atomic E-state index is 0.0944. The molecule has 1 heterocycles. The molecule has 32 heavy (non-hydrogen) atoms. The molecule has 0 saturated carbocycles. The maximum absolute atomic E-state index is 13.1. The summed E-state index contributed by atoms with van der Waals surface area (Å²) in [5.41, 5.74) is 1.92. The second-order valence-corrected chi connectivity index (χ2v) is 7.06. The van der Waals surface area contributed by atoms with Crippen molar-refractivity contribution in [1.82, 2.24) is 10.1 Å². The summed E-state index contributed by atoms with van der Waals surface area (Å²) in [7, 11) is 6.24. The van der Waals surface area contributed by atoms with Crippen LogP contribution in [0.5, 0.6) is 23.0 Å². The quantitative estimate of drug-likeness (QED) is 0.461. The third-order valence-corrected chi connectivity index (χ3v) is 4.96. The van der Waals surface area contributed by atoms with Crippen molar-refractivity contribution < 1.29 is 28.3 Å². The van der Waals surface area contributed by atoms with Crippen LogP contribution < -0.4 is 18.9 Å². The van der Waals surface area contributed by atoms with Gasteiger partial charge in [0.1, 0.15) is 11.4 Å². The van der Waals surface area contributed by atoms with Gasteiger partial charge in [0.05, 0.1) is 35.0 Å². The van der Waals surface area contributed by atoms with E-state index >= 15 is 0 Å². The molecule has 0 aliphatic carbocycles. The molecule has 0 bridgehead atoms. The number of aromatic nitrogens is 1. The molecule has 3 rings (SSSR count). The van der Waals surface area contributed by atoms with E-state index < -0.39 is 0 Å². The van der Waals surface area contributed by atoms with Gasteiger partial charge in [-0.2, -0.15) is 0 Å². The van der Waals surface area contributed by atoms with Crippen LogP contribution in [0.3, 0.4) is 0 Å². The van der Waals surface area contributed by atoms with E-state index in [9.17, 15) is 4.79 Å². The second kappa shape index (κ2) is 10.6. The number of benzene rings is 2. The number of carbonyl (C=O) groups is 1. The van der Waals surface area contributed by atoms with Gasteiger partial charge in [0.15, 0.2) is 17.3 Å². The summed E-state index contributed by atoms with van der Waals surface area (Å²) >= 11 is 0. The molecule has 1 aromatic heterocycles. The summed E-state index contributed by atoms with van der Waals surface area (Å²) in [4.78, 5) is 14.8. The van der Waals surface area contributed by atoms with Gasteiger partial charge in [-0.3, -0.25) is 4.79 Å². The number of ether oxygens (including phenoxy) is 4. The Morgan fingerprint density at radius 3 is 2.28 bits per heavy atom. The molecule has 0 unspecified atom stereocenters. The van der Waals surface area contributed by atoms with Gasteiger partial charge in [-0.15, -0.1) is 0 Å². The van der Waals surface area contributed by atoms with Crippen LogP contribution in [-0.4, -0.2) is 50.9 Å². The molecule has 0 fully saturated rings. The number of nitrogens with zero attached hydrogens (tertiary/aromatic N) is 2. The van der Waals surface area contributed by atoms with Crippen molar-refractivity contribution in [3.05, 3.63) is 53.7 Å². The van der Waals surface area contributed by atoms with Crippen LogP contribution in [0.15, 0.2) is 47.0 Å². The fourth-order valence-corrected chi connectivity index (χ4v) is 3.40. The van der Waals surface area contributed by atoms with Crippen molar-refractivity contribution in [2.24, 2.45) is 0 Å². The average molecular weight is 440 g/mol. The van der Waals surface area contributed by atoms with Gasteiger partial charge in [0, 0.05) is 23.7 Å². The van der Waals surface area contributed by atoms with Gasteiger partial charge >= 0.3 is 0 Å².